The number of ether oxygens (including phenoxy) is 2. The van der Waals surface area contributed by atoms with Gasteiger partial charge in [0.2, 0.25) is 5.91 Å². The highest BCUT2D eigenvalue weighted by molar-refractivity contribution is 5.95. The maximum Gasteiger partial charge on any atom is 0.586 e. The zero-order valence-electron chi connectivity index (χ0n) is 18.1. The molecule has 0 aliphatic carbocycles. The third kappa shape index (κ3) is 5.84. The number of nitrogens with one attached hydrogen (secondary N) is 2. The van der Waals surface area contributed by atoms with Crippen LogP contribution in [-0.2, 0) is 4.79 Å². The number of dihydropyridines is 1. The SMILES string of the molecule is C=C(C)c1ccc2c(c1)OC(F)(F)O2.C=CC(=C)C1=CCC2=C(CCNC2=O)N1.CC. The number of alkyl halides is 2. The van der Waals surface area contributed by atoms with Gasteiger partial charge in [0.05, 0.1) is 0 Å². The first-order chi connectivity index (χ1) is 14.7. The van der Waals surface area contributed by atoms with Crippen molar-refractivity contribution in [2.45, 2.75) is 39.9 Å². The number of rotatable bonds is 3. The second-order valence-electron chi connectivity index (χ2n) is 6.75. The minimum atomic E-state index is -3.55. The van der Waals surface area contributed by atoms with E-state index in [4.69, 9.17) is 0 Å². The predicted molar refractivity (Wildman–Crippen MR) is 119 cm³/mol. The number of carbonyl (C=O) groups is 1. The second-order valence-corrected chi connectivity index (χ2v) is 6.75. The Hall–Kier alpha value is -3.35. The normalized spacial score (nSPS) is 17.3. The summed E-state index contributed by atoms with van der Waals surface area (Å²) in [5, 5.41) is 6.08. The Bertz CT molecular complexity index is 962. The smallest absolute Gasteiger partial charge is 0.395 e. The van der Waals surface area contributed by atoms with Crippen LogP contribution in [0.1, 0.15) is 39.2 Å². The Morgan fingerprint density at radius 3 is 2.52 bits per heavy atom. The fourth-order valence-electron chi connectivity index (χ4n) is 3.00. The summed E-state index contributed by atoms with van der Waals surface area (Å²) in [5.41, 5.74) is 5.25. The summed E-state index contributed by atoms with van der Waals surface area (Å²) in [6, 6.07) is 4.59. The third-order valence-corrected chi connectivity index (χ3v) is 4.58. The van der Waals surface area contributed by atoms with Gasteiger partial charge in [-0.3, -0.25) is 4.79 Å². The lowest BCUT2D eigenvalue weighted by Gasteiger charge is -2.26. The van der Waals surface area contributed by atoms with Crippen LogP contribution in [-0.4, -0.2) is 18.7 Å². The maximum atomic E-state index is 12.6. The largest absolute Gasteiger partial charge is 0.586 e. The monoisotopic (exact) mass is 430 g/mol. The van der Waals surface area contributed by atoms with Gasteiger partial charge in [-0.05, 0) is 36.6 Å². The van der Waals surface area contributed by atoms with Gasteiger partial charge in [-0.25, -0.2) is 0 Å². The molecule has 0 spiro atoms. The molecule has 0 unspecified atom stereocenters. The standard InChI is InChI=1S/C12H14N2O.C10H8F2O2.C2H6/c1-3-8(2)10-5-4-9-11(14-10)6-7-13-12(9)15;1-6(2)7-3-4-8-9(5-7)14-10(11,12)13-8;1-2/h3,5,14H,1-2,4,6-7H2,(H,13,15);3-5H,1H2,2H3;1-2H3. The van der Waals surface area contributed by atoms with Gasteiger partial charge in [-0.2, -0.15) is 0 Å². The highest BCUT2D eigenvalue weighted by Gasteiger charge is 2.43. The molecule has 1 amide bonds. The minimum absolute atomic E-state index is 0.0447. The molecule has 2 N–H and O–H groups in total. The fraction of sp³-hybridized carbons (Fsp3) is 0.292. The highest BCUT2D eigenvalue weighted by Crippen LogP contribution is 2.41. The van der Waals surface area contributed by atoms with E-state index in [0.717, 1.165) is 40.1 Å². The van der Waals surface area contributed by atoms with E-state index in [-0.39, 0.29) is 17.4 Å². The first-order valence-corrected chi connectivity index (χ1v) is 10.0. The van der Waals surface area contributed by atoms with Crippen molar-refractivity contribution < 1.29 is 23.0 Å². The van der Waals surface area contributed by atoms with Crippen LogP contribution >= 0.6 is 0 Å². The Labute approximate surface area is 181 Å². The molecule has 0 fully saturated rings. The number of benzene rings is 1. The van der Waals surface area contributed by atoms with Crippen molar-refractivity contribution in [2.75, 3.05) is 6.54 Å². The van der Waals surface area contributed by atoms with E-state index in [1.54, 1.807) is 19.1 Å². The summed E-state index contributed by atoms with van der Waals surface area (Å²) in [6.45, 7) is 17.8. The average molecular weight is 430 g/mol. The number of hydrogen-bond acceptors (Lipinski definition) is 4. The topological polar surface area (TPSA) is 59.6 Å². The van der Waals surface area contributed by atoms with Crippen molar-refractivity contribution in [3.63, 3.8) is 0 Å². The van der Waals surface area contributed by atoms with Crippen LogP contribution in [0.4, 0.5) is 8.78 Å². The summed E-state index contributed by atoms with van der Waals surface area (Å²) >= 11 is 0. The molecule has 31 heavy (non-hydrogen) atoms. The Morgan fingerprint density at radius 1 is 1.19 bits per heavy atom. The summed E-state index contributed by atoms with van der Waals surface area (Å²) in [7, 11) is 0. The average Bonchev–Trinajstić information content (AvgIpc) is 3.07. The molecule has 0 radical (unpaired) electrons. The predicted octanol–water partition coefficient (Wildman–Crippen LogP) is 5.45. The number of fused-ring (bicyclic) bond motifs is 1. The third-order valence-electron chi connectivity index (χ3n) is 4.58. The van der Waals surface area contributed by atoms with E-state index in [0.29, 0.717) is 13.0 Å². The maximum absolute atomic E-state index is 12.6. The van der Waals surface area contributed by atoms with Gasteiger partial charge < -0.3 is 20.1 Å². The van der Waals surface area contributed by atoms with E-state index in [9.17, 15) is 13.6 Å². The summed E-state index contributed by atoms with van der Waals surface area (Å²) in [5.74, 6) is 0.152. The summed E-state index contributed by atoms with van der Waals surface area (Å²) < 4.78 is 33.7. The molecule has 5 nitrogen and oxygen atoms in total. The molecule has 7 heteroatoms. The van der Waals surface area contributed by atoms with Crippen molar-refractivity contribution >= 4 is 11.5 Å². The van der Waals surface area contributed by atoms with Crippen molar-refractivity contribution in [1.29, 1.82) is 0 Å². The fourth-order valence-corrected chi connectivity index (χ4v) is 3.00. The summed E-state index contributed by atoms with van der Waals surface area (Å²) in [4.78, 5) is 11.5. The molecule has 0 aromatic heterocycles. The number of halogens is 2. The van der Waals surface area contributed by atoms with Crippen molar-refractivity contribution in [1.82, 2.24) is 10.6 Å². The van der Waals surface area contributed by atoms with Gasteiger partial charge in [0.1, 0.15) is 0 Å². The van der Waals surface area contributed by atoms with Crippen LogP contribution < -0.4 is 20.1 Å². The van der Waals surface area contributed by atoms with Gasteiger partial charge in [0, 0.05) is 29.9 Å². The molecule has 4 rings (SSSR count). The first kappa shape index (κ1) is 23.9. The number of hydrogen-bond donors (Lipinski definition) is 2. The van der Waals surface area contributed by atoms with Crippen molar-refractivity contribution in [3.8, 4) is 11.5 Å². The zero-order chi connectivity index (χ0) is 23.2. The van der Waals surface area contributed by atoms with Gasteiger partial charge in [0.15, 0.2) is 11.5 Å². The Kier molecular flexibility index (Phi) is 7.80. The quantitative estimate of drug-likeness (QED) is 0.627. The number of allylic oxidation sites excluding steroid dienone is 3. The molecule has 0 saturated heterocycles. The molecule has 1 aromatic rings. The van der Waals surface area contributed by atoms with E-state index in [1.165, 1.54) is 12.1 Å². The lowest BCUT2D eigenvalue weighted by Crippen LogP contribution is -2.36. The van der Waals surface area contributed by atoms with Crippen LogP contribution in [0.25, 0.3) is 5.57 Å². The number of amides is 1. The molecular weight excluding hydrogens is 402 g/mol. The molecule has 0 bridgehead atoms. The Balaban J connectivity index is 0.000000204. The molecule has 0 atom stereocenters. The van der Waals surface area contributed by atoms with E-state index in [2.05, 4.69) is 39.8 Å². The van der Waals surface area contributed by atoms with E-state index < -0.39 is 6.29 Å². The molecule has 3 aliphatic heterocycles. The van der Waals surface area contributed by atoms with Crippen LogP contribution in [0.3, 0.4) is 0 Å². The number of carbonyl (C=O) groups excluding carboxylic acids is 1. The van der Waals surface area contributed by atoms with Gasteiger partial charge >= 0.3 is 6.29 Å². The van der Waals surface area contributed by atoms with Crippen molar-refractivity contribution in [2.24, 2.45) is 0 Å². The lowest BCUT2D eigenvalue weighted by atomic mass is 9.98. The molecule has 0 saturated carbocycles. The highest BCUT2D eigenvalue weighted by atomic mass is 19.3. The second kappa shape index (κ2) is 10.1. The Morgan fingerprint density at radius 2 is 1.87 bits per heavy atom. The lowest BCUT2D eigenvalue weighted by molar-refractivity contribution is -0.286. The first-order valence-electron chi connectivity index (χ1n) is 10.0. The molecule has 166 valence electrons. The van der Waals surface area contributed by atoms with E-state index >= 15 is 0 Å². The summed E-state index contributed by atoms with van der Waals surface area (Å²) in [6.07, 6.45) is 1.69. The molecule has 3 heterocycles. The molecule has 1 aromatic carbocycles. The van der Waals surface area contributed by atoms with Crippen LogP contribution in [0.5, 0.6) is 11.5 Å². The van der Waals surface area contributed by atoms with Crippen LogP contribution in [0.15, 0.2) is 72.6 Å². The molecule has 3 aliphatic rings. The van der Waals surface area contributed by atoms with Crippen LogP contribution in [0.2, 0.25) is 0 Å². The van der Waals surface area contributed by atoms with Gasteiger partial charge in [-0.15, -0.1) is 8.78 Å². The zero-order valence-corrected chi connectivity index (χ0v) is 18.1. The van der Waals surface area contributed by atoms with Gasteiger partial charge in [-0.1, -0.05) is 57.4 Å². The van der Waals surface area contributed by atoms with Crippen LogP contribution in [0, 0.1) is 0 Å². The van der Waals surface area contributed by atoms with Crippen molar-refractivity contribution in [3.05, 3.63) is 78.2 Å². The molecular formula is C24H28F2N2O3. The van der Waals surface area contributed by atoms with Gasteiger partial charge in [0.25, 0.3) is 0 Å². The van der Waals surface area contributed by atoms with E-state index in [1.807, 2.05) is 19.9 Å². The minimum Gasteiger partial charge on any atom is -0.395 e.